The first-order valence-corrected chi connectivity index (χ1v) is 10.5. The minimum absolute atomic E-state index is 0.0529. The van der Waals surface area contributed by atoms with Crippen molar-refractivity contribution in [1.82, 2.24) is 10.2 Å². The molecule has 0 spiro atoms. The summed E-state index contributed by atoms with van der Waals surface area (Å²) in [5.41, 5.74) is 2.18. The number of hydrogen-bond acceptors (Lipinski definition) is 3. The predicted octanol–water partition coefficient (Wildman–Crippen LogP) is 4.02. The fourth-order valence-electron chi connectivity index (χ4n) is 4.11. The first-order valence-electron chi connectivity index (χ1n) is 10.1. The highest BCUT2D eigenvalue weighted by Gasteiger charge is 2.37. The second-order valence-corrected chi connectivity index (χ2v) is 8.06. The number of rotatable bonds is 7. The van der Waals surface area contributed by atoms with Crippen LogP contribution >= 0.6 is 11.6 Å². The molecule has 2 unspecified atom stereocenters. The zero-order valence-corrected chi connectivity index (χ0v) is 16.8. The van der Waals surface area contributed by atoms with Gasteiger partial charge in [-0.1, -0.05) is 60.1 Å². The Labute approximate surface area is 171 Å². The Bertz CT molecular complexity index is 788. The molecule has 2 aromatic rings. The van der Waals surface area contributed by atoms with E-state index in [1.54, 1.807) is 0 Å². The summed E-state index contributed by atoms with van der Waals surface area (Å²) in [5, 5.41) is 3.99. The second-order valence-electron chi connectivity index (χ2n) is 7.66. The van der Waals surface area contributed by atoms with Crippen LogP contribution < -0.4 is 5.32 Å². The number of amides is 1. The van der Waals surface area contributed by atoms with Gasteiger partial charge in [-0.25, -0.2) is 0 Å². The molecule has 4 rings (SSSR count). The van der Waals surface area contributed by atoms with Crippen LogP contribution in [0, 0.1) is 5.92 Å². The lowest BCUT2D eigenvalue weighted by Gasteiger charge is -2.35. The van der Waals surface area contributed by atoms with Crippen LogP contribution in [0.5, 0.6) is 0 Å². The third-order valence-corrected chi connectivity index (χ3v) is 6.10. The summed E-state index contributed by atoms with van der Waals surface area (Å²) in [5.74, 6) is 0.529. The molecule has 28 heavy (non-hydrogen) atoms. The summed E-state index contributed by atoms with van der Waals surface area (Å²) in [4.78, 5) is 15.5. The molecule has 0 aromatic heterocycles. The Morgan fingerprint density at radius 2 is 1.75 bits per heavy atom. The van der Waals surface area contributed by atoms with Crippen molar-refractivity contribution in [2.75, 3.05) is 32.8 Å². The highest BCUT2D eigenvalue weighted by atomic mass is 35.5. The first kappa shape index (κ1) is 19.4. The van der Waals surface area contributed by atoms with Crippen LogP contribution in [0.25, 0.3) is 0 Å². The van der Waals surface area contributed by atoms with Crippen molar-refractivity contribution < 1.29 is 9.53 Å². The number of hydrogen-bond donors (Lipinski definition) is 1. The topological polar surface area (TPSA) is 41.6 Å². The standard InChI is InChI=1S/C23H27ClN2O2/c24-20-9-5-4-8-19(20)21(26-12-14-28-15-13-26)16-25-23(27)22(18-10-11-18)17-6-2-1-3-7-17/h1-9,18,21-22H,10-16H2,(H,25,27). The largest absolute Gasteiger partial charge is 0.379 e. The highest BCUT2D eigenvalue weighted by Crippen LogP contribution is 2.42. The maximum atomic E-state index is 13.1. The molecular formula is C23H27ClN2O2. The number of halogens is 1. The summed E-state index contributed by atoms with van der Waals surface area (Å²) in [6, 6.07) is 18.1. The van der Waals surface area contributed by atoms with E-state index >= 15 is 0 Å². The van der Waals surface area contributed by atoms with Crippen LogP contribution in [0.4, 0.5) is 0 Å². The summed E-state index contributed by atoms with van der Waals surface area (Å²) in [7, 11) is 0. The number of nitrogens with zero attached hydrogens (tertiary/aromatic N) is 1. The van der Waals surface area contributed by atoms with Crippen LogP contribution in [0.3, 0.4) is 0 Å². The molecule has 4 nitrogen and oxygen atoms in total. The van der Waals surface area contributed by atoms with Crippen molar-refractivity contribution in [3.63, 3.8) is 0 Å². The fourth-order valence-corrected chi connectivity index (χ4v) is 4.37. The van der Waals surface area contributed by atoms with Crippen LogP contribution in [0.2, 0.25) is 5.02 Å². The smallest absolute Gasteiger partial charge is 0.227 e. The van der Waals surface area contributed by atoms with E-state index in [-0.39, 0.29) is 17.9 Å². The maximum Gasteiger partial charge on any atom is 0.227 e. The lowest BCUT2D eigenvalue weighted by atomic mass is 9.93. The van der Waals surface area contributed by atoms with Crippen LogP contribution in [-0.2, 0) is 9.53 Å². The lowest BCUT2D eigenvalue weighted by Crippen LogP contribution is -2.44. The lowest BCUT2D eigenvalue weighted by molar-refractivity contribution is -0.123. The molecule has 0 radical (unpaired) electrons. The van der Waals surface area contributed by atoms with Gasteiger partial charge in [-0.15, -0.1) is 0 Å². The van der Waals surface area contributed by atoms with Gasteiger partial charge in [0, 0.05) is 24.7 Å². The molecule has 1 aliphatic heterocycles. The minimum atomic E-state index is -0.0576. The number of ether oxygens (including phenoxy) is 1. The van der Waals surface area contributed by atoms with E-state index in [9.17, 15) is 4.79 Å². The number of benzene rings is 2. The SMILES string of the molecule is O=C(NCC(c1ccccc1Cl)N1CCOCC1)C(c1ccccc1)C1CC1. The van der Waals surface area contributed by atoms with Crippen molar-refractivity contribution in [2.24, 2.45) is 5.92 Å². The van der Waals surface area contributed by atoms with Gasteiger partial charge in [-0.2, -0.15) is 0 Å². The molecule has 2 fully saturated rings. The van der Waals surface area contributed by atoms with Gasteiger partial charge in [0.05, 0.1) is 25.2 Å². The van der Waals surface area contributed by atoms with E-state index in [4.69, 9.17) is 16.3 Å². The third kappa shape index (κ3) is 4.57. The van der Waals surface area contributed by atoms with E-state index in [1.165, 1.54) is 0 Å². The Morgan fingerprint density at radius 3 is 2.43 bits per heavy atom. The van der Waals surface area contributed by atoms with E-state index < -0.39 is 0 Å². The molecular weight excluding hydrogens is 372 g/mol. The molecule has 2 atom stereocenters. The molecule has 1 amide bonds. The van der Waals surface area contributed by atoms with Gasteiger partial charge in [0.1, 0.15) is 0 Å². The summed E-state index contributed by atoms with van der Waals surface area (Å²) < 4.78 is 5.52. The molecule has 0 bridgehead atoms. The van der Waals surface area contributed by atoms with Gasteiger partial charge in [-0.05, 0) is 36.0 Å². The zero-order chi connectivity index (χ0) is 19.3. The second kappa shape index (κ2) is 9.08. The van der Waals surface area contributed by atoms with Gasteiger partial charge in [-0.3, -0.25) is 9.69 Å². The average Bonchev–Trinajstić information content (AvgIpc) is 3.56. The van der Waals surface area contributed by atoms with Gasteiger partial charge in [0.2, 0.25) is 5.91 Å². The molecule has 2 aromatic carbocycles. The van der Waals surface area contributed by atoms with Crippen LogP contribution in [0.15, 0.2) is 54.6 Å². The van der Waals surface area contributed by atoms with Crippen molar-refractivity contribution in [2.45, 2.75) is 24.8 Å². The minimum Gasteiger partial charge on any atom is -0.379 e. The molecule has 2 aliphatic rings. The normalized spacial score (nSPS) is 19.8. The van der Waals surface area contributed by atoms with Crippen molar-refractivity contribution >= 4 is 17.5 Å². The zero-order valence-electron chi connectivity index (χ0n) is 16.0. The monoisotopic (exact) mass is 398 g/mol. The summed E-state index contributed by atoms with van der Waals surface area (Å²) >= 11 is 6.50. The molecule has 5 heteroatoms. The molecule has 1 aliphatic carbocycles. The first-order chi connectivity index (χ1) is 13.7. The summed E-state index contributed by atoms with van der Waals surface area (Å²) in [6.45, 7) is 3.67. The van der Waals surface area contributed by atoms with Crippen molar-refractivity contribution in [3.05, 3.63) is 70.7 Å². The number of nitrogens with one attached hydrogen (secondary N) is 1. The van der Waals surface area contributed by atoms with Gasteiger partial charge in [0.25, 0.3) is 0 Å². The molecule has 148 valence electrons. The van der Waals surface area contributed by atoms with Crippen molar-refractivity contribution in [3.8, 4) is 0 Å². The number of carbonyl (C=O) groups is 1. The Hall–Kier alpha value is -1.88. The van der Waals surface area contributed by atoms with E-state index in [1.807, 2.05) is 36.4 Å². The molecule has 1 heterocycles. The Balaban J connectivity index is 1.50. The van der Waals surface area contributed by atoms with Crippen LogP contribution in [0.1, 0.15) is 35.9 Å². The van der Waals surface area contributed by atoms with Crippen LogP contribution in [-0.4, -0.2) is 43.7 Å². The fraction of sp³-hybridized carbons (Fsp3) is 0.435. The van der Waals surface area contributed by atoms with Gasteiger partial charge < -0.3 is 10.1 Å². The average molecular weight is 399 g/mol. The maximum absolute atomic E-state index is 13.1. The van der Waals surface area contributed by atoms with Gasteiger partial charge >= 0.3 is 0 Å². The number of morpholine rings is 1. The van der Waals surface area contributed by atoms with Gasteiger partial charge in [0.15, 0.2) is 0 Å². The van der Waals surface area contributed by atoms with E-state index in [0.717, 1.165) is 42.1 Å². The number of carbonyl (C=O) groups excluding carboxylic acids is 1. The Morgan fingerprint density at radius 1 is 1.07 bits per heavy atom. The predicted molar refractivity (Wildman–Crippen MR) is 112 cm³/mol. The van der Waals surface area contributed by atoms with E-state index in [2.05, 4.69) is 28.4 Å². The summed E-state index contributed by atoms with van der Waals surface area (Å²) in [6.07, 6.45) is 2.26. The molecule has 1 N–H and O–H groups in total. The third-order valence-electron chi connectivity index (χ3n) is 5.75. The Kier molecular flexibility index (Phi) is 6.30. The highest BCUT2D eigenvalue weighted by molar-refractivity contribution is 6.31. The molecule has 1 saturated heterocycles. The van der Waals surface area contributed by atoms with Crippen molar-refractivity contribution in [1.29, 1.82) is 0 Å². The molecule has 1 saturated carbocycles. The van der Waals surface area contributed by atoms with E-state index in [0.29, 0.717) is 25.7 Å². The quantitative estimate of drug-likeness (QED) is 0.765.